The summed E-state index contributed by atoms with van der Waals surface area (Å²) in [6.45, 7) is 2.30. The lowest BCUT2D eigenvalue weighted by Gasteiger charge is -2.37. The first-order valence-corrected chi connectivity index (χ1v) is 11.1. The summed E-state index contributed by atoms with van der Waals surface area (Å²) in [4.78, 5) is 0. The fraction of sp³-hybridized carbons (Fsp3) is 0.792. The predicted octanol–water partition coefficient (Wildman–Crippen LogP) is 7.60. The van der Waals surface area contributed by atoms with Gasteiger partial charge in [0.2, 0.25) is 0 Å². The zero-order valence-electron chi connectivity index (χ0n) is 16.5. The standard InChI is InChI=1S/C24H39N/c1-2-3-4-5-7-10-21-12-16-23(17-13-21)24-18-14-22(15-19-24)11-8-6-9-20-25/h6,8-9,11,21-24H,2-5,7,10,12-19H2,1H3/t21-,22?,23-,24?. The highest BCUT2D eigenvalue weighted by atomic mass is 14.4. The van der Waals surface area contributed by atoms with Crippen molar-refractivity contribution in [2.24, 2.45) is 23.7 Å². The zero-order valence-corrected chi connectivity index (χ0v) is 16.5. The van der Waals surface area contributed by atoms with Crippen molar-refractivity contribution in [3.05, 3.63) is 24.3 Å². The van der Waals surface area contributed by atoms with E-state index in [-0.39, 0.29) is 0 Å². The molecule has 1 heteroatoms. The predicted molar refractivity (Wildman–Crippen MR) is 108 cm³/mol. The number of allylic oxidation sites excluding steroid dienone is 4. The van der Waals surface area contributed by atoms with Crippen LogP contribution < -0.4 is 0 Å². The average molecular weight is 342 g/mol. The summed E-state index contributed by atoms with van der Waals surface area (Å²) in [5.74, 6) is 3.83. The number of nitriles is 1. The Bertz CT molecular complexity index is 426. The van der Waals surface area contributed by atoms with Crippen molar-refractivity contribution < 1.29 is 0 Å². The van der Waals surface area contributed by atoms with Crippen LogP contribution in [-0.2, 0) is 0 Å². The molecule has 2 rings (SSSR count). The maximum absolute atomic E-state index is 8.51. The molecule has 0 amide bonds. The largest absolute Gasteiger partial charge is 0.193 e. The SMILES string of the molecule is CCCCCCC[C@H]1CC[C@H](C2CCC(C=CC=CC#N)CC2)CC1. The molecular formula is C24H39N. The topological polar surface area (TPSA) is 23.8 Å². The molecular weight excluding hydrogens is 302 g/mol. The van der Waals surface area contributed by atoms with E-state index in [1.807, 2.05) is 12.1 Å². The van der Waals surface area contributed by atoms with Crippen LogP contribution in [0.5, 0.6) is 0 Å². The summed E-state index contributed by atoms with van der Waals surface area (Å²) < 4.78 is 0. The molecule has 0 N–H and O–H groups in total. The van der Waals surface area contributed by atoms with Crippen LogP contribution in [0, 0.1) is 35.0 Å². The Kier molecular flexibility index (Phi) is 10.0. The minimum Gasteiger partial charge on any atom is -0.193 e. The Morgan fingerprint density at radius 2 is 1.44 bits per heavy atom. The van der Waals surface area contributed by atoms with E-state index in [9.17, 15) is 0 Å². The van der Waals surface area contributed by atoms with Gasteiger partial charge in [-0.05, 0) is 62.2 Å². The van der Waals surface area contributed by atoms with E-state index in [0.717, 1.165) is 23.7 Å². The van der Waals surface area contributed by atoms with E-state index in [4.69, 9.17) is 5.26 Å². The van der Waals surface area contributed by atoms with Gasteiger partial charge in [0.1, 0.15) is 0 Å². The summed E-state index contributed by atoms with van der Waals surface area (Å²) in [7, 11) is 0. The molecule has 0 spiro atoms. The molecule has 2 aliphatic carbocycles. The Morgan fingerprint density at radius 3 is 2.08 bits per heavy atom. The zero-order chi connectivity index (χ0) is 17.7. The lowest BCUT2D eigenvalue weighted by molar-refractivity contribution is 0.151. The van der Waals surface area contributed by atoms with Gasteiger partial charge < -0.3 is 0 Å². The Morgan fingerprint density at radius 1 is 0.800 bits per heavy atom. The van der Waals surface area contributed by atoms with Crippen LogP contribution in [0.2, 0.25) is 0 Å². The van der Waals surface area contributed by atoms with Crippen LogP contribution in [0.25, 0.3) is 0 Å². The quantitative estimate of drug-likeness (QED) is 0.241. The van der Waals surface area contributed by atoms with Gasteiger partial charge in [-0.3, -0.25) is 0 Å². The van der Waals surface area contributed by atoms with Gasteiger partial charge in [0.05, 0.1) is 6.07 Å². The van der Waals surface area contributed by atoms with Gasteiger partial charge >= 0.3 is 0 Å². The molecule has 0 aromatic carbocycles. The highest BCUT2D eigenvalue weighted by Gasteiger charge is 2.30. The average Bonchev–Trinajstić information content (AvgIpc) is 2.66. The first-order valence-electron chi connectivity index (χ1n) is 11.1. The molecule has 0 aliphatic heterocycles. The third-order valence-corrected chi connectivity index (χ3v) is 6.76. The van der Waals surface area contributed by atoms with Gasteiger partial charge in [0.25, 0.3) is 0 Å². The van der Waals surface area contributed by atoms with E-state index in [0.29, 0.717) is 0 Å². The van der Waals surface area contributed by atoms with Crippen molar-refractivity contribution >= 4 is 0 Å². The normalized spacial score (nSPS) is 30.7. The number of rotatable bonds is 9. The fourth-order valence-electron chi connectivity index (χ4n) is 5.11. The number of unbranched alkanes of at least 4 members (excludes halogenated alkanes) is 4. The Hall–Kier alpha value is -1.03. The second-order valence-corrected chi connectivity index (χ2v) is 8.53. The molecule has 0 unspecified atom stereocenters. The maximum atomic E-state index is 8.51. The molecule has 0 radical (unpaired) electrons. The Labute approximate surface area is 156 Å². The van der Waals surface area contributed by atoms with E-state index < -0.39 is 0 Å². The molecule has 2 aliphatic rings. The molecule has 140 valence electrons. The summed E-state index contributed by atoms with van der Waals surface area (Å²) in [6, 6.07) is 2.05. The molecule has 0 aromatic rings. The molecule has 0 bridgehead atoms. The maximum Gasteiger partial charge on any atom is 0.0912 e. The van der Waals surface area contributed by atoms with Crippen molar-refractivity contribution in [3.8, 4) is 6.07 Å². The summed E-state index contributed by atoms with van der Waals surface area (Å²) in [6.07, 6.45) is 28.1. The second kappa shape index (κ2) is 12.3. The van der Waals surface area contributed by atoms with E-state index in [1.54, 1.807) is 6.08 Å². The number of nitrogens with zero attached hydrogens (tertiary/aromatic N) is 1. The van der Waals surface area contributed by atoms with Gasteiger partial charge in [-0.2, -0.15) is 5.26 Å². The van der Waals surface area contributed by atoms with Crippen LogP contribution in [0.15, 0.2) is 24.3 Å². The minimum absolute atomic E-state index is 0.749. The molecule has 0 aromatic heterocycles. The fourth-order valence-corrected chi connectivity index (χ4v) is 5.11. The molecule has 25 heavy (non-hydrogen) atoms. The number of hydrogen-bond acceptors (Lipinski definition) is 1. The highest BCUT2D eigenvalue weighted by molar-refractivity contribution is 5.12. The summed E-state index contributed by atoms with van der Waals surface area (Å²) in [5, 5.41) is 8.51. The van der Waals surface area contributed by atoms with E-state index in [2.05, 4.69) is 19.1 Å². The molecule has 0 heterocycles. The minimum atomic E-state index is 0.749. The smallest absolute Gasteiger partial charge is 0.0912 e. The van der Waals surface area contributed by atoms with Crippen LogP contribution in [0.1, 0.15) is 96.8 Å². The molecule has 1 nitrogen and oxygen atoms in total. The van der Waals surface area contributed by atoms with Crippen molar-refractivity contribution in [2.75, 3.05) is 0 Å². The summed E-state index contributed by atoms with van der Waals surface area (Å²) in [5.41, 5.74) is 0. The van der Waals surface area contributed by atoms with E-state index >= 15 is 0 Å². The summed E-state index contributed by atoms with van der Waals surface area (Å²) >= 11 is 0. The number of hydrogen-bond donors (Lipinski definition) is 0. The van der Waals surface area contributed by atoms with Gasteiger partial charge in [-0.15, -0.1) is 0 Å². The third-order valence-electron chi connectivity index (χ3n) is 6.76. The van der Waals surface area contributed by atoms with Gasteiger partial charge in [0, 0.05) is 6.08 Å². The van der Waals surface area contributed by atoms with Crippen LogP contribution in [0.4, 0.5) is 0 Å². The molecule has 0 saturated heterocycles. The third kappa shape index (κ3) is 7.81. The Balaban J connectivity index is 1.58. The first-order chi connectivity index (χ1) is 12.3. The molecule has 2 saturated carbocycles. The lowest BCUT2D eigenvalue weighted by atomic mass is 9.68. The van der Waals surface area contributed by atoms with Crippen LogP contribution in [-0.4, -0.2) is 0 Å². The van der Waals surface area contributed by atoms with E-state index in [1.165, 1.54) is 89.9 Å². The van der Waals surface area contributed by atoms with Gasteiger partial charge in [-0.25, -0.2) is 0 Å². The van der Waals surface area contributed by atoms with Crippen LogP contribution >= 0.6 is 0 Å². The van der Waals surface area contributed by atoms with Crippen molar-refractivity contribution in [2.45, 2.75) is 96.8 Å². The molecule has 0 atom stereocenters. The molecule has 2 fully saturated rings. The van der Waals surface area contributed by atoms with Gasteiger partial charge in [0.15, 0.2) is 0 Å². The van der Waals surface area contributed by atoms with Crippen molar-refractivity contribution in [1.82, 2.24) is 0 Å². The second-order valence-electron chi connectivity index (χ2n) is 8.53. The van der Waals surface area contributed by atoms with Gasteiger partial charge in [-0.1, -0.05) is 76.5 Å². The van der Waals surface area contributed by atoms with Crippen molar-refractivity contribution in [1.29, 1.82) is 5.26 Å². The monoisotopic (exact) mass is 341 g/mol. The van der Waals surface area contributed by atoms with Crippen LogP contribution in [0.3, 0.4) is 0 Å². The highest BCUT2D eigenvalue weighted by Crippen LogP contribution is 2.42. The van der Waals surface area contributed by atoms with Crippen molar-refractivity contribution in [3.63, 3.8) is 0 Å². The first kappa shape index (κ1) is 20.3. The lowest BCUT2D eigenvalue weighted by Crippen LogP contribution is -2.25.